The molecule has 0 bridgehead atoms. The summed E-state index contributed by atoms with van der Waals surface area (Å²) in [7, 11) is 0. The molecule has 1 unspecified atom stereocenters. The number of amides is 1. The van der Waals surface area contributed by atoms with E-state index in [1.54, 1.807) is 4.90 Å². The molecule has 0 radical (unpaired) electrons. The minimum Gasteiger partial charge on any atom is -0.336 e. The molecule has 0 aliphatic carbocycles. The molecule has 24 heavy (non-hydrogen) atoms. The Morgan fingerprint density at radius 1 is 1.29 bits per heavy atom. The summed E-state index contributed by atoms with van der Waals surface area (Å²) < 4.78 is 0. The lowest BCUT2D eigenvalue weighted by Crippen LogP contribution is -2.52. The molecule has 3 rings (SSSR count). The lowest BCUT2D eigenvalue weighted by molar-refractivity contribution is -0.385. The highest BCUT2D eigenvalue weighted by molar-refractivity contribution is 6.31. The van der Waals surface area contributed by atoms with Crippen molar-refractivity contribution in [1.82, 2.24) is 15.1 Å². The molecule has 1 amide bonds. The lowest BCUT2D eigenvalue weighted by Gasteiger charge is -2.37. The van der Waals surface area contributed by atoms with Crippen LogP contribution >= 0.6 is 24.0 Å². The maximum Gasteiger partial charge on any atom is 0.283 e. The molecule has 2 fully saturated rings. The van der Waals surface area contributed by atoms with Gasteiger partial charge in [0.25, 0.3) is 11.6 Å². The molecule has 2 aliphatic heterocycles. The van der Waals surface area contributed by atoms with Gasteiger partial charge in [0.15, 0.2) is 0 Å². The summed E-state index contributed by atoms with van der Waals surface area (Å²) in [4.78, 5) is 27.3. The first-order chi connectivity index (χ1) is 11.1. The molecule has 2 aliphatic rings. The van der Waals surface area contributed by atoms with Gasteiger partial charge in [0, 0.05) is 49.9 Å². The molecule has 2 saturated heterocycles. The van der Waals surface area contributed by atoms with Gasteiger partial charge in [-0.05, 0) is 25.1 Å². The average molecular weight is 375 g/mol. The second kappa shape index (κ2) is 8.11. The van der Waals surface area contributed by atoms with E-state index in [0.717, 1.165) is 32.6 Å². The molecule has 132 valence electrons. The summed E-state index contributed by atoms with van der Waals surface area (Å²) in [6.07, 6.45) is 1.14. The van der Waals surface area contributed by atoms with Crippen LogP contribution in [0.1, 0.15) is 16.8 Å². The molecule has 9 heteroatoms. The van der Waals surface area contributed by atoms with Gasteiger partial charge >= 0.3 is 0 Å². The summed E-state index contributed by atoms with van der Waals surface area (Å²) in [6, 6.07) is 4.73. The third-order valence-electron chi connectivity index (χ3n) is 4.54. The second-order valence-electron chi connectivity index (χ2n) is 5.89. The van der Waals surface area contributed by atoms with Crippen molar-refractivity contribution >= 4 is 35.6 Å². The van der Waals surface area contributed by atoms with Crippen LogP contribution in [0.2, 0.25) is 5.02 Å². The Hall–Kier alpha value is -1.41. The van der Waals surface area contributed by atoms with Gasteiger partial charge in [0.05, 0.1) is 4.92 Å². The number of carbonyl (C=O) groups excluding carboxylic acids is 1. The van der Waals surface area contributed by atoms with Crippen molar-refractivity contribution in [3.05, 3.63) is 38.9 Å². The smallest absolute Gasteiger partial charge is 0.283 e. The molecule has 7 nitrogen and oxygen atoms in total. The van der Waals surface area contributed by atoms with Gasteiger partial charge in [-0.1, -0.05) is 11.6 Å². The van der Waals surface area contributed by atoms with E-state index in [2.05, 4.69) is 10.2 Å². The van der Waals surface area contributed by atoms with E-state index in [1.807, 2.05) is 0 Å². The van der Waals surface area contributed by atoms with E-state index in [4.69, 9.17) is 11.6 Å². The molecular weight excluding hydrogens is 355 g/mol. The Bertz CT molecular complexity index is 615. The highest BCUT2D eigenvalue weighted by Crippen LogP contribution is 2.25. The largest absolute Gasteiger partial charge is 0.336 e. The van der Waals surface area contributed by atoms with Gasteiger partial charge < -0.3 is 10.2 Å². The predicted molar refractivity (Wildman–Crippen MR) is 94.1 cm³/mol. The van der Waals surface area contributed by atoms with E-state index >= 15 is 0 Å². The van der Waals surface area contributed by atoms with Crippen molar-refractivity contribution in [2.45, 2.75) is 12.5 Å². The molecular formula is C15H20Cl2N4O3. The van der Waals surface area contributed by atoms with Crippen molar-refractivity contribution in [2.24, 2.45) is 0 Å². The standard InChI is InChI=1S/C15H19ClN4O3.ClH/c16-11-1-2-13(14(9-11)20(22)23)15(21)19-7-5-18(6-8-19)12-3-4-17-10-12;/h1-2,9,12,17H,3-8,10H2;1H. The number of carbonyl (C=O) groups is 1. The van der Waals surface area contributed by atoms with Gasteiger partial charge in [-0.15, -0.1) is 12.4 Å². The molecule has 0 spiro atoms. The molecule has 1 aromatic carbocycles. The first-order valence-electron chi connectivity index (χ1n) is 7.74. The van der Waals surface area contributed by atoms with Gasteiger partial charge in [0.1, 0.15) is 5.56 Å². The van der Waals surface area contributed by atoms with E-state index in [0.29, 0.717) is 19.1 Å². The maximum atomic E-state index is 12.6. The second-order valence-corrected chi connectivity index (χ2v) is 6.33. The number of nitrogens with zero attached hydrogens (tertiary/aromatic N) is 3. The van der Waals surface area contributed by atoms with E-state index in [-0.39, 0.29) is 34.6 Å². The van der Waals surface area contributed by atoms with E-state index < -0.39 is 4.92 Å². The monoisotopic (exact) mass is 374 g/mol. The average Bonchev–Trinajstić information content (AvgIpc) is 3.09. The number of hydrogen-bond acceptors (Lipinski definition) is 5. The minimum absolute atomic E-state index is 0. The van der Waals surface area contributed by atoms with Crippen LogP contribution < -0.4 is 5.32 Å². The zero-order valence-electron chi connectivity index (χ0n) is 13.1. The van der Waals surface area contributed by atoms with E-state index in [1.165, 1.54) is 18.2 Å². The van der Waals surface area contributed by atoms with Crippen LogP contribution in [-0.2, 0) is 0 Å². The summed E-state index contributed by atoms with van der Waals surface area (Å²) in [5.41, 5.74) is -0.125. The number of benzene rings is 1. The zero-order chi connectivity index (χ0) is 16.4. The zero-order valence-corrected chi connectivity index (χ0v) is 14.7. The Labute approximate surface area is 151 Å². The van der Waals surface area contributed by atoms with E-state index in [9.17, 15) is 14.9 Å². The van der Waals surface area contributed by atoms with Crippen LogP contribution in [0.3, 0.4) is 0 Å². The van der Waals surface area contributed by atoms with Crippen molar-refractivity contribution in [1.29, 1.82) is 0 Å². The van der Waals surface area contributed by atoms with Crippen LogP contribution in [0.4, 0.5) is 5.69 Å². The van der Waals surface area contributed by atoms with Crippen LogP contribution in [-0.4, -0.2) is 65.9 Å². The van der Waals surface area contributed by atoms with Gasteiger partial charge in [-0.2, -0.15) is 0 Å². The Morgan fingerprint density at radius 2 is 2.00 bits per heavy atom. The lowest BCUT2D eigenvalue weighted by atomic mass is 10.1. The molecule has 0 aromatic heterocycles. The van der Waals surface area contributed by atoms with Crippen LogP contribution in [0.25, 0.3) is 0 Å². The Kier molecular flexibility index (Phi) is 6.40. The van der Waals surface area contributed by atoms with Crippen molar-refractivity contribution in [3.63, 3.8) is 0 Å². The highest BCUT2D eigenvalue weighted by atomic mass is 35.5. The number of rotatable bonds is 3. The first-order valence-corrected chi connectivity index (χ1v) is 8.12. The topological polar surface area (TPSA) is 78.7 Å². The number of piperazine rings is 1. The Balaban J connectivity index is 0.00000208. The molecule has 1 N–H and O–H groups in total. The number of nitro benzene ring substituents is 1. The Morgan fingerprint density at radius 3 is 2.58 bits per heavy atom. The molecule has 1 atom stereocenters. The fourth-order valence-corrected chi connectivity index (χ4v) is 3.41. The quantitative estimate of drug-likeness (QED) is 0.644. The van der Waals surface area contributed by atoms with Gasteiger partial charge in [0.2, 0.25) is 0 Å². The molecule has 2 heterocycles. The third kappa shape index (κ3) is 3.97. The molecule has 1 aromatic rings. The number of halogens is 2. The maximum absolute atomic E-state index is 12.6. The summed E-state index contributed by atoms with van der Waals surface area (Å²) >= 11 is 5.80. The van der Waals surface area contributed by atoms with Gasteiger partial charge in [-0.25, -0.2) is 0 Å². The van der Waals surface area contributed by atoms with Gasteiger partial charge in [-0.3, -0.25) is 19.8 Å². The SMILES string of the molecule is Cl.O=C(c1ccc(Cl)cc1[N+](=O)[O-])N1CCN(C2CCNC2)CC1. The number of nitro groups is 1. The predicted octanol–water partition coefficient (Wildman–Crippen LogP) is 1.79. The highest BCUT2D eigenvalue weighted by Gasteiger charge is 2.30. The van der Waals surface area contributed by atoms with Crippen LogP contribution in [0, 0.1) is 10.1 Å². The number of hydrogen-bond donors (Lipinski definition) is 1. The van der Waals surface area contributed by atoms with Crippen LogP contribution in [0.5, 0.6) is 0 Å². The van der Waals surface area contributed by atoms with Crippen molar-refractivity contribution in [3.8, 4) is 0 Å². The fourth-order valence-electron chi connectivity index (χ4n) is 3.25. The third-order valence-corrected chi connectivity index (χ3v) is 4.77. The summed E-state index contributed by atoms with van der Waals surface area (Å²) in [5.74, 6) is -0.294. The molecule has 0 saturated carbocycles. The minimum atomic E-state index is -0.556. The first kappa shape index (κ1) is 18.9. The summed E-state index contributed by atoms with van der Waals surface area (Å²) in [5, 5.41) is 14.7. The van der Waals surface area contributed by atoms with Crippen LogP contribution in [0.15, 0.2) is 18.2 Å². The number of nitrogens with one attached hydrogen (secondary N) is 1. The fraction of sp³-hybridized carbons (Fsp3) is 0.533. The normalized spacial score (nSPS) is 21.4. The van der Waals surface area contributed by atoms with Crippen molar-refractivity contribution in [2.75, 3.05) is 39.3 Å². The van der Waals surface area contributed by atoms with Crippen molar-refractivity contribution < 1.29 is 9.72 Å². The summed E-state index contributed by atoms with van der Waals surface area (Å²) in [6.45, 7) is 4.83.